The molecular formula is C13H18N2O4. The Morgan fingerprint density at radius 1 is 1.42 bits per heavy atom. The lowest BCUT2D eigenvalue weighted by molar-refractivity contribution is 0.0693. The lowest BCUT2D eigenvalue weighted by Crippen LogP contribution is -2.37. The number of hydrogen-bond acceptors (Lipinski definition) is 3. The van der Waals surface area contributed by atoms with Crippen molar-refractivity contribution in [2.45, 2.75) is 26.3 Å². The number of benzene rings is 1. The summed E-state index contributed by atoms with van der Waals surface area (Å²) in [4.78, 5) is 24.3. The number of carboxylic acid groups (broad SMARTS) is 1. The van der Waals surface area contributed by atoms with Crippen molar-refractivity contribution in [1.82, 2.24) is 4.90 Å². The van der Waals surface area contributed by atoms with E-state index < -0.39 is 5.97 Å². The number of carbonyl (C=O) groups is 2. The Morgan fingerprint density at radius 2 is 2.05 bits per heavy atom. The number of nitrogens with zero attached hydrogens (tertiary/aromatic N) is 1. The third-order valence-electron chi connectivity index (χ3n) is 3.05. The van der Waals surface area contributed by atoms with E-state index in [9.17, 15) is 14.7 Å². The Labute approximate surface area is 111 Å². The summed E-state index contributed by atoms with van der Waals surface area (Å²) in [6, 6.07) is 3.67. The van der Waals surface area contributed by atoms with Crippen LogP contribution in [-0.2, 0) is 0 Å². The topological polar surface area (TPSA) is 89.9 Å². The standard InChI is InChI=1S/C13H18N2O4/c1-4-8(2)15(3)13(19)14-9-5-6-11(16)10(7-9)12(17)18/h5-8,16H,4H2,1-3H3,(H,14,19)(H,17,18). The van der Waals surface area contributed by atoms with Crippen LogP contribution in [0.5, 0.6) is 5.75 Å². The number of phenols is 1. The fraction of sp³-hybridized carbons (Fsp3) is 0.385. The highest BCUT2D eigenvalue weighted by molar-refractivity contribution is 5.95. The quantitative estimate of drug-likeness (QED) is 0.730. The largest absolute Gasteiger partial charge is 0.507 e. The average molecular weight is 266 g/mol. The van der Waals surface area contributed by atoms with E-state index in [1.165, 1.54) is 23.1 Å². The van der Waals surface area contributed by atoms with Gasteiger partial charge in [0, 0.05) is 18.8 Å². The van der Waals surface area contributed by atoms with E-state index in [0.29, 0.717) is 5.69 Å². The number of rotatable bonds is 4. The van der Waals surface area contributed by atoms with Gasteiger partial charge in [0.15, 0.2) is 0 Å². The molecule has 0 aliphatic rings. The van der Waals surface area contributed by atoms with Gasteiger partial charge < -0.3 is 20.4 Å². The molecule has 0 aliphatic carbocycles. The molecule has 19 heavy (non-hydrogen) atoms. The maximum absolute atomic E-state index is 11.9. The fourth-order valence-corrected chi connectivity index (χ4v) is 1.47. The lowest BCUT2D eigenvalue weighted by atomic mass is 10.2. The van der Waals surface area contributed by atoms with Crippen LogP contribution in [0.3, 0.4) is 0 Å². The van der Waals surface area contributed by atoms with Crippen molar-refractivity contribution in [1.29, 1.82) is 0 Å². The normalized spacial score (nSPS) is 11.7. The van der Waals surface area contributed by atoms with Crippen LogP contribution in [-0.4, -0.2) is 40.2 Å². The van der Waals surface area contributed by atoms with E-state index in [-0.39, 0.29) is 23.4 Å². The number of carboxylic acids is 1. The first-order valence-corrected chi connectivity index (χ1v) is 5.97. The first kappa shape index (κ1) is 14.8. The van der Waals surface area contributed by atoms with Crippen LogP contribution >= 0.6 is 0 Å². The van der Waals surface area contributed by atoms with Gasteiger partial charge in [-0.05, 0) is 31.5 Å². The number of nitrogens with one attached hydrogen (secondary N) is 1. The fourth-order valence-electron chi connectivity index (χ4n) is 1.47. The minimum atomic E-state index is -1.25. The molecule has 0 saturated carbocycles. The summed E-state index contributed by atoms with van der Waals surface area (Å²) < 4.78 is 0. The van der Waals surface area contributed by atoms with Gasteiger partial charge in [0.2, 0.25) is 0 Å². The molecule has 0 fully saturated rings. The van der Waals surface area contributed by atoms with Crippen LogP contribution in [0, 0.1) is 0 Å². The van der Waals surface area contributed by atoms with Crippen LogP contribution in [0.4, 0.5) is 10.5 Å². The third-order valence-corrected chi connectivity index (χ3v) is 3.05. The van der Waals surface area contributed by atoms with Gasteiger partial charge in [0.1, 0.15) is 11.3 Å². The minimum Gasteiger partial charge on any atom is -0.507 e. The molecule has 0 radical (unpaired) electrons. The van der Waals surface area contributed by atoms with Crippen LogP contribution < -0.4 is 5.32 Å². The zero-order valence-corrected chi connectivity index (χ0v) is 11.2. The molecule has 0 aromatic heterocycles. The van der Waals surface area contributed by atoms with E-state index in [2.05, 4.69) is 5.32 Å². The molecule has 1 unspecified atom stereocenters. The SMILES string of the molecule is CCC(C)N(C)C(=O)Nc1ccc(O)c(C(=O)O)c1. The minimum absolute atomic E-state index is 0.0797. The van der Waals surface area contributed by atoms with Crippen molar-refractivity contribution in [3.05, 3.63) is 23.8 Å². The molecule has 2 amide bonds. The highest BCUT2D eigenvalue weighted by Gasteiger charge is 2.16. The second kappa shape index (κ2) is 6.08. The Kier molecular flexibility index (Phi) is 4.74. The predicted octanol–water partition coefficient (Wildman–Crippen LogP) is 2.35. The van der Waals surface area contributed by atoms with E-state index in [0.717, 1.165) is 6.42 Å². The van der Waals surface area contributed by atoms with E-state index in [1.807, 2.05) is 13.8 Å². The maximum atomic E-state index is 11.9. The van der Waals surface area contributed by atoms with Crippen molar-refractivity contribution >= 4 is 17.7 Å². The summed E-state index contributed by atoms with van der Waals surface area (Å²) >= 11 is 0. The summed E-state index contributed by atoms with van der Waals surface area (Å²) in [5.41, 5.74) is 0.0827. The highest BCUT2D eigenvalue weighted by atomic mass is 16.4. The van der Waals surface area contributed by atoms with Crippen LogP contribution in [0.1, 0.15) is 30.6 Å². The van der Waals surface area contributed by atoms with Crippen molar-refractivity contribution < 1.29 is 19.8 Å². The van der Waals surface area contributed by atoms with Gasteiger partial charge in [-0.1, -0.05) is 6.92 Å². The number of aromatic hydroxyl groups is 1. The molecule has 104 valence electrons. The highest BCUT2D eigenvalue weighted by Crippen LogP contribution is 2.21. The first-order chi connectivity index (χ1) is 8.86. The summed E-state index contributed by atoms with van der Waals surface area (Å²) in [6.07, 6.45) is 0.819. The molecule has 1 atom stereocenters. The second-order valence-corrected chi connectivity index (χ2v) is 4.34. The Balaban J connectivity index is 2.86. The molecule has 3 N–H and O–H groups in total. The third kappa shape index (κ3) is 3.61. The zero-order valence-electron chi connectivity index (χ0n) is 11.2. The predicted molar refractivity (Wildman–Crippen MR) is 71.6 cm³/mol. The average Bonchev–Trinajstić information content (AvgIpc) is 2.38. The van der Waals surface area contributed by atoms with E-state index >= 15 is 0 Å². The van der Waals surface area contributed by atoms with Gasteiger partial charge in [-0.15, -0.1) is 0 Å². The molecule has 0 spiro atoms. The molecule has 1 rings (SSSR count). The van der Waals surface area contributed by atoms with Gasteiger partial charge >= 0.3 is 12.0 Å². The van der Waals surface area contributed by atoms with E-state index in [4.69, 9.17) is 5.11 Å². The zero-order chi connectivity index (χ0) is 14.6. The van der Waals surface area contributed by atoms with Crippen LogP contribution in [0.25, 0.3) is 0 Å². The molecule has 1 aromatic rings. The number of anilines is 1. The number of carbonyl (C=O) groups excluding carboxylic acids is 1. The van der Waals surface area contributed by atoms with Crippen LogP contribution in [0.2, 0.25) is 0 Å². The number of hydrogen-bond donors (Lipinski definition) is 3. The van der Waals surface area contributed by atoms with Gasteiger partial charge in [-0.25, -0.2) is 9.59 Å². The Morgan fingerprint density at radius 3 is 2.58 bits per heavy atom. The lowest BCUT2D eigenvalue weighted by Gasteiger charge is -2.24. The first-order valence-electron chi connectivity index (χ1n) is 5.97. The summed E-state index contributed by atoms with van der Waals surface area (Å²) in [5.74, 6) is -1.58. The Hall–Kier alpha value is -2.24. The molecule has 1 aromatic carbocycles. The summed E-state index contributed by atoms with van der Waals surface area (Å²) in [6.45, 7) is 3.89. The molecule has 0 aliphatic heterocycles. The molecule has 6 nitrogen and oxygen atoms in total. The van der Waals surface area contributed by atoms with Gasteiger partial charge in [-0.3, -0.25) is 0 Å². The monoisotopic (exact) mass is 266 g/mol. The molecule has 0 saturated heterocycles. The number of urea groups is 1. The number of aromatic carboxylic acids is 1. The second-order valence-electron chi connectivity index (χ2n) is 4.34. The van der Waals surface area contributed by atoms with Crippen molar-refractivity contribution in [2.24, 2.45) is 0 Å². The molecule has 0 heterocycles. The van der Waals surface area contributed by atoms with Gasteiger partial charge in [0.25, 0.3) is 0 Å². The summed E-state index contributed by atoms with van der Waals surface area (Å²) in [5, 5.41) is 20.8. The summed E-state index contributed by atoms with van der Waals surface area (Å²) in [7, 11) is 1.67. The van der Waals surface area contributed by atoms with Crippen molar-refractivity contribution in [3.63, 3.8) is 0 Å². The smallest absolute Gasteiger partial charge is 0.339 e. The Bertz CT molecular complexity index is 488. The van der Waals surface area contributed by atoms with Crippen molar-refractivity contribution in [3.8, 4) is 5.75 Å². The van der Waals surface area contributed by atoms with Gasteiger partial charge in [-0.2, -0.15) is 0 Å². The van der Waals surface area contributed by atoms with E-state index in [1.54, 1.807) is 7.05 Å². The maximum Gasteiger partial charge on any atom is 0.339 e. The molecular weight excluding hydrogens is 248 g/mol. The molecule has 6 heteroatoms. The van der Waals surface area contributed by atoms with Crippen molar-refractivity contribution in [2.75, 3.05) is 12.4 Å². The molecule has 0 bridgehead atoms. The van der Waals surface area contributed by atoms with Crippen LogP contribution in [0.15, 0.2) is 18.2 Å². The van der Waals surface area contributed by atoms with Gasteiger partial charge in [0.05, 0.1) is 0 Å². The number of amides is 2.